The molecule has 0 amide bonds. The molecule has 3 aromatic rings. The number of aliphatic hydroxyl groups is 1. The van der Waals surface area contributed by atoms with E-state index in [4.69, 9.17) is 29.7 Å². The number of aromatic nitrogens is 4. The van der Waals surface area contributed by atoms with E-state index in [1.165, 1.54) is 34.6 Å². The minimum Gasteiger partial charge on any atom is -0.387 e. The smallest absolute Gasteiger partial charge is 0.387 e. The van der Waals surface area contributed by atoms with Gasteiger partial charge < -0.3 is 39.7 Å². The molecule has 1 aliphatic heterocycles. The van der Waals surface area contributed by atoms with Crippen LogP contribution in [0.15, 0.2) is 35.4 Å². The van der Waals surface area contributed by atoms with Crippen LogP contribution in [0.1, 0.15) is 38.7 Å². The van der Waals surface area contributed by atoms with E-state index in [-0.39, 0.29) is 28.4 Å². The van der Waals surface area contributed by atoms with Gasteiger partial charge in [-0.25, -0.2) is 13.7 Å². The molecule has 6 atom stereocenters. The lowest BCUT2D eigenvalue weighted by atomic mass is 9.84. The predicted molar refractivity (Wildman–Crippen MR) is 151 cm³/mol. The SMILES string of the molecule is C[n+]1cn([C@@H]2O[C@H](COP(=O)(O)OP(=O)(O)O)[C@@H](O)[C@H]2OCO[C@@H](c2ccccc2[N+](=O)[O-])C(C)(C)C)c2nc(N)[nH]c(=O)c21. The third-order valence-corrected chi connectivity index (χ3v) is 8.84. The highest BCUT2D eigenvalue weighted by atomic mass is 31.3. The summed E-state index contributed by atoms with van der Waals surface area (Å²) in [6.45, 7) is 3.93. The molecule has 4 rings (SSSR count). The number of imidazole rings is 1. The number of nitrogens with zero attached hydrogens (tertiary/aromatic N) is 4. The van der Waals surface area contributed by atoms with Gasteiger partial charge in [-0.2, -0.15) is 13.9 Å². The second-order valence-electron chi connectivity index (χ2n) is 11.1. The van der Waals surface area contributed by atoms with Crippen LogP contribution in [-0.2, 0) is 39.2 Å². The first-order chi connectivity index (χ1) is 20.8. The molecule has 1 aliphatic rings. The lowest BCUT2D eigenvalue weighted by molar-refractivity contribution is -0.646. The maximum Gasteiger partial charge on any atom is 0.481 e. The van der Waals surface area contributed by atoms with Gasteiger partial charge >= 0.3 is 21.2 Å². The molecule has 3 heterocycles. The number of nitrogen functional groups attached to an aromatic ring is 1. The first kappa shape index (κ1) is 34.7. The van der Waals surface area contributed by atoms with E-state index >= 15 is 0 Å². The Hall–Kier alpha value is -3.13. The zero-order valence-electron chi connectivity index (χ0n) is 24.3. The number of phosphoric acid groups is 2. The second kappa shape index (κ2) is 12.9. The van der Waals surface area contributed by atoms with E-state index in [1.807, 2.05) is 0 Å². The number of H-pyrrole nitrogens is 1. The van der Waals surface area contributed by atoms with E-state index < -0.39 is 75.6 Å². The number of aliphatic hydroxyl groups excluding tert-OH is 1. The van der Waals surface area contributed by atoms with Gasteiger partial charge in [-0.15, -0.1) is 0 Å². The number of benzene rings is 1. The fourth-order valence-corrected chi connectivity index (χ4v) is 6.51. The Morgan fingerprint density at radius 2 is 1.93 bits per heavy atom. The molecule has 45 heavy (non-hydrogen) atoms. The van der Waals surface area contributed by atoms with Crippen molar-refractivity contribution in [3.8, 4) is 0 Å². The number of aryl methyl sites for hydroxylation is 1. The molecule has 22 heteroatoms. The van der Waals surface area contributed by atoms with E-state index in [2.05, 4.69) is 18.8 Å². The lowest BCUT2D eigenvalue weighted by Gasteiger charge is -2.31. The molecule has 0 bridgehead atoms. The van der Waals surface area contributed by atoms with Gasteiger partial charge in [-0.3, -0.25) is 24.4 Å². The number of para-hydroxylation sites is 1. The van der Waals surface area contributed by atoms with Crippen LogP contribution in [0, 0.1) is 15.5 Å². The van der Waals surface area contributed by atoms with Crippen LogP contribution >= 0.6 is 15.6 Å². The highest BCUT2D eigenvalue weighted by molar-refractivity contribution is 7.60. The molecule has 2 aromatic heterocycles. The van der Waals surface area contributed by atoms with Crippen LogP contribution in [0.25, 0.3) is 11.2 Å². The molecule has 0 spiro atoms. The standard InChI is InChI=1S/C23H32N6O14P2/c1-23(2,3)18(12-7-5-6-8-13(12)29(32)33)40-11-39-17-16(30)14(9-41-45(37,38)43-44(34,35)36)42-21(17)28-10-27(4)15-19(28)25-22(24)26-20(15)31/h5-8,10,14,16-18,21,30H,9,11H2,1-4H3,(H5-,24,25,26,31,34,35,36,37,38)/p+1/t14-,16-,17-,18+,21-/m1/s1. The highest BCUT2D eigenvalue weighted by Gasteiger charge is 2.51. The molecule has 1 unspecified atom stereocenters. The minimum absolute atomic E-state index is 0.0113. The van der Waals surface area contributed by atoms with Crippen LogP contribution in [0.4, 0.5) is 11.6 Å². The summed E-state index contributed by atoms with van der Waals surface area (Å²) in [4.78, 5) is 57.7. The molecular weight excluding hydrogens is 646 g/mol. The summed E-state index contributed by atoms with van der Waals surface area (Å²) in [5, 5.41) is 22.9. The van der Waals surface area contributed by atoms with Crippen LogP contribution in [-0.4, -0.2) is 71.0 Å². The second-order valence-corrected chi connectivity index (χ2v) is 14.0. The van der Waals surface area contributed by atoms with Crippen LogP contribution in [0.5, 0.6) is 0 Å². The monoisotopic (exact) mass is 679 g/mol. The number of nitrogens with one attached hydrogen (secondary N) is 1. The average molecular weight is 679 g/mol. The number of anilines is 1. The van der Waals surface area contributed by atoms with Crippen molar-refractivity contribution in [1.29, 1.82) is 0 Å². The molecule has 1 fully saturated rings. The molecule has 7 N–H and O–H groups in total. The van der Waals surface area contributed by atoms with Crippen LogP contribution < -0.4 is 15.9 Å². The largest absolute Gasteiger partial charge is 0.481 e. The van der Waals surface area contributed by atoms with Crippen LogP contribution in [0.3, 0.4) is 0 Å². The number of ether oxygens (including phenoxy) is 3. The molecule has 1 saturated heterocycles. The molecule has 20 nitrogen and oxygen atoms in total. The third kappa shape index (κ3) is 8.00. The molecule has 1 aromatic carbocycles. The number of nitro benzene ring substituents is 1. The van der Waals surface area contributed by atoms with Gasteiger partial charge in [0.15, 0.2) is 6.10 Å². The normalized spacial score (nSPS) is 22.8. The Kier molecular flexibility index (Phi) is 9.99. The van der Waals surface area contributed by atoms with E-state index in [0.29, 0.717) is 0 Å². The Bertz CT molecular complexity index is 1720. The Balaban J connectivity index is 1.65. The first-order valence-corrected chi connectivity index (χ1v) is 16.1. The summed E-state index contributed by atoms with van der Waals surface area (Å²) >= 11 is 0. The Labute approximate surface area is 254 Å². The van der Waals surface area contributed by atoms with Crippen LogP contribution in [0.2, 0.25) is 0 Å². The van der Waals surface area contributed by atoms with Gasteiger partial charge in [0.1, 0.15) is 19.0 Å². The predicted octanol–water partition coefficient (Wildman–Crippen LogP) is 0.671. The van der Waals surface area contributed by atoms with Crippen molar-refractivity contribution in [3.63, 3.8) is 0 Å². The zero-order valence-corrected chi connectivity index (χ0v) is 26.1. The van der Waals surface area contributed by atoms with Crippen molar-refractivity contribution >= 4 is 38.4 Å². The fourth-order valence-electron chi connectivity index (χ4n) is 4.91. The molecule has 0 saturated carbocycles. The summed E-state index contributed by atoms with van der Waals surface area (Å²) < 4.78 is 52.0. The molecule has 0 radical (unpaired) electrons. The van der Waals surface area contributed by atoms with E-state index in [9.17, 15) is 34.0 Å². The quantitative estimate of drug-likeness (QED) is 0.0504. The molecule has 0 aliphatic carbocycles. The van der Waals surface area contributed by atoms with Crippen molar-refractivity contribution in [2.75, 3.05) is 19.1 Å². The Morgan fingerprint density at radius 1 is 1.27 bits per heavy atom. The average Bonchev–Trinajstić information content (AvgIpc) is 3.39. The zero-order chi connectivity index (χ0) is 33.5. The number of phosphoric ester groups is 1. The number of nitro groups is 1. The number of nitrogens with two attached hydrogens (primary N) is 1. The maximum absolute atomic E-state index is 12.6. The van der Waals surface area contributed by atoms with Gasteiger partial charge in [0.2, 0.25) is 18.5 Å². The molecular formula is C23H33N6O14P2+. The minimum atomic E-state index is -5.43. The maximum atomic E-state index is 12.6. The summed E-state index contributed by atoms with van der Waals surface area (Å²) in [5.41, 5.74) is 4.65. The van der Waals surface area contributed by atoms with Gasteiger partial charge in [0, 0.05) is 6.07 Å². The van der Waals surface area contributed by atoms with E-state index in [1.54, 1.807) is 32.9 Å². The van der Waals surface area contributed by atoms with Crippen molar-refractivity contribution in [2.45, 2.75) is 51.4 Å². The number of fused-ring (bicyclic) bond motifs is 1. The van der Waals surface area contributed by atoms with Crippen molar-refractivity contribution < 1.29 is 61.5 Å². The number of hydrogen-bond acceptors (Lipinski definition) is 13. The summed E-state index contributed by atoms with van der Waals surface area (Å²) in [6.07, 6.45) is -5.25. The van der Waals surface area contributed by atoms with Crippen molar-refractivity contribution in [2.24, 2.45) is 12.5 Å². The summed E-state index contributed by atoms with van der Waals surface area (Å²) in [5.74, 6) is -0.236. The number of aromatic amines is 1. The van der Waals surface area contributed by atoms with Gasteiger partial charge in [0.25, 0.3) is 16.9 Å². The summed E-state index contributed by atoms with van der Waals surface area (Å²) in [6, 6.07) is 6.01. The number of rotatable bonds is 12. The van der Waals surface area contributed by atoms with Crippen molar-refractivity contribution in [3.05, 3.63) is 56.6 Å². The lowest BCUT2D eigenvalue weighted by Crippen LogP contribution is -2.37. The first-order valence-electron chi connectivity index (χ1n) is 13.1. The van der Waals surface area contributed by atoms with Gasteiger partial charge in [-0.1, -0.05) is 32.9 Å². The van der Waals surface area contributed by atoms with Gasteiger partial charge in [-0.05, 0) is 11.5 Å². The third-order valence-electron chi connectivity index (χ3n) is 6.69. The fraction of sp³-hybridized carbons (Fsp3) is 0.522. The topological polar surface area (TPSA) is 285 Å². The van der Waals surface area contributed by atoms with Crippen molar-refractivity contribution in [1.82, 2.24) is 14.5 Å². The van der Waals surface area contributed by atoms with Gasteiger partial charge in [0.05, 0.1) is 30.2 Å². The Morgan fingerprint density at radius 3 is 2.56 bits per heavy atom. The highest BCUT2D eigenvalue weighted by Crippen LogP contribution is 2.57. The number of hydrogen-bond donors (Lipinski definition) is 6. The van der Waals surface area contributed by atoms with E-state index in [0.717, 1.165) is 0 Å². The molecule has 248 valence electrons. The summed E-state index contributed by atoms with van der Waals surface area (Å²) in [7, 11) is -9.21.